The summed E-state index contributed by atoms with van der Waals surface area (Å²) in [6, 6.07) is 5.44. The molecule has 1 aromatic heterocycles. The van der Waals surface area contributed by atoms with E-state index in [1.807, 2.05) is 6.07 Å². The Bertz CT molecular complexity index is 1080. The van der Waals surface area contributed by atoms with Crippen molar-refractivity contribution < 1.29 is 18.6 Å². The Morgan fingerprint density at radius 2 is 2.09 bits per heavy atom. The average molecular weight is 451 g/mol. The second-order valence-electron chi connectivity index (χ2n) is 9.09. The highest BCUT2D eigenvalue weighted by Crippen LogP contribution is 2.37. The van der Waals surface area contributed by atoms with E-state index in [0.29, 0.717) is 17.9 Å². The van der Waals surface area contributed by atoms with E-state index in [-0.39, 0.29) is 11.9 Å². The van der Waals surface area contributed by atoms with Gasteiger partial charge in [-0.15, -0.1) is 0 Å². The zero-order chi connectivity index (χ0) is 22.5. The molecule has 0 radical (unpaired) electrons. The van der Waals surface area contributed by atoms with Gasteiger partial charge in [0.25, 0.3) is 0 Å². The third-order valence-corrected chi connectivity index (χ3v) is 6.83. The lowest BCUT2D eigenvalue weighted by molar-refractivity contribution is 0.00704. The molecule has 0 saturated heterocycles. The third-order valence-electron chi connectivity index (χ3n) is 6.83. The van der Waals surface area contributed by atoms with E-state index in [1.165, 1.54) is 36.0 Å². The van der Waals surface area contributed by atoms with Crippen LogP contribution >= 0.6 is 0 Å². The quantitative estimate of drug-likeness (QED) is 0.496. The minimum atomic E-state index is -0.175. The van der Waals surface area contributed by atoms with E-state index in [4.69, 9.17) is 14.2 Å². The molecule has 2 N–H and O–H groups in total. The molecule has 3 aliphatic rings. The molecule has 1 saturated carbocycles. The number of hydrogen-bond acceptors (Lipinski definition) is 4. The highest BCUT2D eigenvalue weighted by Gasteiger charge is 2.26. The number of allylic oxidation sites excluding steroid dienone is 3. The topological polar surface area (TPSA) is 55.5 Å². The number of benzene rings is 1. The summed E-state index contributed by atoms with van der Waals surface area (Å²) in [5.74, 6) is 0.687. The maximum Gasteiger partial charge on any atom is 0.321 e. The van der Waals surface area contributed by atoms with Gasteiger partial charge in [0.1, 0.15) is 24.4 Å². The van der Waals surface area contributed by atoms with Crippen LogP contribution in [0.25, 0.3) is 10.9 Å². The first-order valence-electron chi connectivity index (χ1n) is 11.9. The van der Waals surface area contributed by atoms with Gasteiger partial charge in [0.15, 0.2) is 6.26 Å². The minimum Gasteiger partial charge on any atom is -0.462 e. The van der Waals surface area contributed by atoms with E-state index >= 15 is 0 Å². The fourth-order valence-corrected chi connectivity index (χ4v) is 5.10. The summed E-state index contributed by atoms with van der Waals surface area (Å²) >= 11 is 0. The standard InChI is InChI=1S/C27H31FN2O3/c28-21-8-11-26-24(15-21)25(17-30-26)20-6-9-22(10-7-20)29-16-23(14-19-4-2-1-3-5-19)33-27-18-31-12-13-32-27/h1-2,4,8,11-13,15,17-18,20,22-23,29-30H,3,5-7,9-10,14,16H2. The first-order valence-corrected chi connectivity index (χ1v) is 11.9. The summed E-state index contributed by atoms with van der Waals surface area (Å²) in [7, 11) is 0. The predicted octanol–water partition coefficient (Wildman–Crippen LogP) is 6.29. The number of H-pyrrole nitrogens is 1. The van der Waals surface area contributed by atoms with E-state index in [2.05, 4.69) is 34.7 Å². The largest absolute Gasteiger partial charge is 0.462 e. The van der Waals surface area contributed by atoms with Gasteiger partial charge in [0, 0.05) is 36.1 Å². The van der Waals surface area contributed by atoms with Gasteiger partial charge < -0.3 is 24.5 Å². The number of rotatable bonds is 8. The molecule has 1 unspecified atom stereocenters. The van der Waals surface area contributed by atoms with Crippen LogP contribution in [0.3, 0.4) is 0 Å². The maximum atomic E-state index is 13.8. The molecule has 1 fully saturated rings. The van der Waals surface area contributed by atoms with Gasteiger partial charge in [-0.1, -0.05) is 23.8 Å². The number of fused-ring (bicyclic) bond motifs is 1. The highest BCUT2D eigenvalue weighted by atomic mass is 19.1. The van der Waals surface area contributed by atoms with Crippen LogP contribution in [0, 0.1) is 5.82 Å². The number of halogens is 1. The molecule has 0 spiro atoms. The average Bonchev–Trinajstić information content (AvgIpc) is 3.27. The highest BCUT2D eigenvalue weighted by molar-refractivity contribution is 5.83. The van der Waals surface area contributed by atoms with Crippen molar-refractivity contribution in [3.8, 4) is 0 Å². The molecule has 33 heavy (non-hydrogen) atoms. The lowest BCUT2D eigenvalue weighted by Gasteiger charge is -2.31. The number of aromatic amines is 1. The van der Waals surface area contributed by atoms with Crippen LogP contribution < -0.4 is 5.32 Å². The molecule has 2 aliphatic carbocycles. The third kappa shape index (κ3) is 5.50. The zero-order valence-electron chi connectivity index (χ0n) is 18.8. The van der Waals surface area contributed by atoms with Gasteiger partial charge in [-0.25, -0.2) is 4.39 Å². The second kappa shape index (κ2) is 10.3. The molecular formula is C27H31FN2O3. The van der Waals surface area contributed by atoms with E-state index in [0.717, 1.165) is 62.4 Å². The van der Waals surface area contributed by atoms with Crippen LogP contribution in [0.4, 0.5) is 4.39 Å². The van der Waals surface area contributed by atoms with E-state index in [9.17, 15) is 4.39 Å². The fourth-order valence-electron chi connectivity index (χ4n) is 5.10. The normalized spacial score (nSPS) is 23.4. The summed E-state index contributed by atoms with van der Waals surface area (Å²) in [6.45, 7) is 0.749. The Balaban J connectivity index is 1.16. The first kappa shape index (κ1) is 21.8. The SMILES string of the molecule is Fc1ccc2[nH]cc(C3CCC(NCC(CC4=CC=CCC4)OC4=COC=CO4)CC3)c2c1. The molecule has 2 heterocycles. The Hall–Kier alpha value is -2.99. The van der Waals surface area contributed by atoms with Gasteiger partial charge in [-0.05, 0) is 68.2 Å². The Morgan fingerprint density at radius 1 is 1.18 bits per heavy atom. The monoisotopic (exact) mass is 450 g/mol. The molecule has 5 nitrogen and oxygen atoms in total. The number of hydrogen-bond donors (Lipinski definition) is 2. The van der Waals surface area contributed by atoms with Crippen molar-refractivity contribution in [1.82, 2.24) is 10.3 Å². The molecule has 5 rings (SSSR count). The van der Waals surface area contributed by atoms with Gasteiger partial charge in [0.2, 0.25) is 0 Å². The summed E-state index contributed by atoms with van der Waals surface area (Å²) in [6.07, 6.45) is 20.4. The summed E-state index contributed by atoms with van der Waals surface area (Å²) in [5, 5.41) is 4.75. The second-order valence-corrected chi connectivity index (χ2v) is 9.09. The number of aromatic nitrogens is 1. The molecular weight excluding hydrogens is 419 g/mol. The van der Waals surface area contributed by atoms with E-state index in [1.54, 1.807) is 6.07 Å². The predicted molar refractivity (Wildman–Crippen MR) is 127 cm³/mol. The van der Waals surface area contributed by atoms with Crippen LogP contribution in [0.5, 0.6) is 0 Å². The van der Waals surface area contributed by atoms with Crippen LogP contribution in [0.15, 0.2) is 72.9 Å². The Kier molecular flexibility index (Phi) is 6.81. The first-order chi connectivity index (χ1) is 16.2. The summed E-state index contributed by atoms with van der Waals surface area (Å²) in [5.41, 5.74) is 3.65. The lowest BCUT2D eigenvalue weighted by atomic mass is 9.81. The van der Waals surface area contributed by atoms with Crippen molar-refractivity contribution in [2.45, 2.75) is 63.0 Å². The molecule has 2 aromatic rings. The number of ether oxygens (including phenoxy) is 3. The Morgan fingerprint density at radius 3 is 2.88 bits per heavy atom. The minimum absolute atomic E-state index is 0.0292. The zero-order valence-corrected chi connectivity index (χ0v) is 18.8. The van der Waals surface area contributed by atoms with E-state index < -0.39 is 0 Å². The molecule has 6 heteroatoms. The summed E-state index contributed by atoms with van der Waals surface area (Å²) in [4.78, 5) is 3.30. The number of nitrogens with one attached hydrogen (secondary N) is 2. The molecule has 0 bridgehead atoms. The summed E-state index contributed by atoms with van der Waals surface area (Å²) < 4.78 is 30.5. The molecule has 1 aromatic carbocycles. The van der Waals surface area contributed by atoms with Crippen LogP contribution in [-0.4, -0.2) is 23.7 Å². The fraction of sp³-hybridized carbons (Fsp3) is 0.407. The smallest absolute Gasteiger partial charge is 0.321 e. The van der Waals surface area contributed by atoms with Crippen molar-refractivity contribution in [1.29, 1.82) is 0 Å². The van der Waals surface area contributed by atoms with Crippen molar-refractivity contribution in [2.75, 3.05) is 6.54 Å². The van der Waals surface area contributed by atoms with Crippen molar-refractivity contribution in [3.63, 3.8) is 0 Å². The Labute approximate surface area is 194 Å². The van der Waals surface area contributed by atoms with Crippen LogP contribution in [0.1, 0.15) is 56.4 Å². The van der Waals surface area contributed by atoms with Gasteiger partial charge in [0.05, 0.1) is 0 Å². The van der Waals surface area contributed by atoms with Gasteiger partial charge >= 0.3 is 5.95 Å². The molecule has 1 aliphatic heterocycles. The molecule has 0 amide bonds. The van der Waals surface area contributed by atoms with Gasteiger partial charge in [-0.3, -0.25) is 0 Å². The molecule has 1 atom stereocenters. The van der Waals surface area contributed by atoms with Crippen LogP contribution in [-0.2, 0) is 14.2 Å². The molecule has 174 valence electrons. The van der Waals surface area contributed by atoms with Crippen LogP contribution in [0.2, 0.25) is 0 Å². The van der Waals surface area contributed by atoms with Gasteiger partial charge in [-0.2, -0.15) is 0 Å². The maximum absolute atomic E-state index is 13.8. The lowest BCUT2D eigenvalue weighted by Crippen LogP contribution is -2.39. The van der Waals surface area contributed by atoms with Crippen molar-refractivity contribution in [2.24, 2.45) is 0 Å². The van der Waals surface area contributed by atoms with Crippen molar-refractivity contribution in [3.05, 3.63) is 84.3 Å². The van der Waals surface area contributed by atoms with Crippen molar-refractivity contribution >= 4 is 10.9 Å².